The monoisotopic (exact) mass is 337 g/mol. The van der Waals surface area contributed by atoms with Crippen LogP contribution in [-0.2, 0) is 10.2 Å². The fourth-order valence-electron chi connectivity index (χ4n) is 2.26. The minimum Gasteiger partial charge on any atom is -0.481 e. The van der Waals surface area contributed by atoms with Gasteiger partial charge in [0, 0.05) is 38.8 Å². The molecule has 0 saturated carbocycles. The standard InChI is InChI=1S/C15H19N3O4S/c1-3-12-22-14-6-4-13(5-7-14)15(19)17-8-10-18(11-9-17)23(20,21)16-2/h1,4-7,16H,8-12H2,2H3. The summed E-state index contributed by atoms with van der Waals surface area (Å²) in [6, 6.07) is 6.72. The molecule has 124 valence electrons. The van der Waals surface area contributed by atoms with Crippen molar-refractivity contribution in [1.82, 2.24) is 13.9 Å². The van der Waals surface area contributed by atoms with Crippen molar-refractivity contribution < 1.29 is 17.9 Å². The summed E-state index contributed by atoms with van der Waals surface area (Å²) < 4.78 is 32.3. The summed E-state index contributed by atoms with van der Waals surface area (Å²) in [5.74, 6) is 2.84. The number of piperazine rings is 1. The van der Waals surface area contributed by atoms with E-state index in [4.69, 9.17) is 11.2 Å². The molecule has 1 fully saturated rings. The van der Waals surface area contributed by atoms with Crippen molar-refractivity contribution in [2.24, 2.45) is 0 Å². The van der Waals surface area contributed by atoms with E-state index in [1.54, 1.807) is 29.2 Å². The molecular formula is C15H19N3O4S. The van der Waals surface area contributed by atoms with Gasteiger partial charge in [0.25, 0.3) is 16.1 Å². The van der Waals surface area contributed by atoms with Gasteiger partial charge in [-0.15, -0.1) is 6.42 Å². The average molecular weight is 337 g/mol. The lowest BCUT2D eigenvalue weighted by Gasteiger charge is -2.33. The third-order valence-electron chi connectivity index (χ3n) is 3.55. The van der Waals surface area contributed by atoms with Crippen molar-refractivity contribution in [1.29, 1.82) is 0 Å². The van der Waals surface area contributed by atoms with Crippen LogP contribution in [0, 0.1) is 12.3 Å². The second kappa shape index (κ2) is 7.46. The molecule has 7 nitrogen and oxygen atoms in total. The molecule has 1 saturated heterocycles. The smallest absolute Gasteiger partial charge is 0.279 e. The van der Waals surface area contributed by atoms with Crippen LogP contribution in [0.25, 0.3) is 0 Å². The number of rotatable bonds is 5. The van der Waals surface area contributed by atoms with E-state index >= 15 is 0 Å². The van der Waals surface area contributed by atoms with Crippen molar-refractivity contribution in [2.75, 3.05) is 39.8 Å². The van der Waals surface area contributed by atoms with E-state index < -0.39 is 10.2 Å². The number of carbonyl (C=O) groups is 1. The number of nitrogens with one attached hydrogen (secondary N) is 1. The summed E-state index contributed by atoms with van der Waals surface area (Å²) in [6.07, 6.45) is 5.12. The van der Waals surface area contributed by atoms with Crippen LogP contribution < -0.4 is 9.46 Å². The van der Waals surface area contributed by atoms with Gasteiger partial charge in [0.15, 0.2) is 0 Å². The molecule has 1 heterocycles. The van der Waals surface area contributed by atoms with Crippen LogP contribution in [0.4, 0.5) is 0 Å². The van der Waals surface area contributed by atoms with E-state index in [0.29, 0.717) is 24.4 Å². The van der Waals surface area contributed by atoms with Gasteiger partial charge in [-0.25, -0.2) is 4.72 Å². The number of amides is 1. The normalized spacial score (nSPS) is 15.9. The van der Waals surface area contributed by atoms with Gasteiger partial charge in [-0.3, -0.25) is 4.79 Å². The first-order valence-corrected chi connectivity index (χ1v) is 8.56. The van der Waals surface area contributed by atoms with Crippen LogP contribution in [-0.4, -0.2) is 63.4 Å². The molecule has 0 radical (unpaired) electrons. The zero-order valence-corrected chi connectivity index (χ0v) is 13.7. The quantitative estimate of drug-likeness (QED) is 0.763. The number of benzene rings is 1. The summed E-state index contributed by atoms with van der Waals surface area (Å²) in [7, 11) is -2.07. The number of ether oxygens (including phenoxy) is 1. The molecular weight excluding hydrogens is 318 g/mol. The van der Waals surface area contributed by atoms with Crippen LogP contribution in [0.3, 0.4) is 0 Å². The van der Waals surface area contributed by atoms with Crippen LogP contribution in [0.5, 0.6) is 5.75 Å². The van der Waals surface area contributed by atoms with Gasteiger partial charge in [-0.2, -0.15) is 12.7 Å². The van der Waals surface area contributed by atoms with E-state index in [2.05, 4.69) is 10.6 Å². The van der Waals surface area contributed by atoms with Crippen LogP contribution >= 0.6 is 0 Å². The molecule has 1 aromatic carbocycles. The second-order valence-corrected chi connectivity index (χ2v) is 6.79. The first kappa shape index (κ1) is 17.3. The first-order chi connectivity index (χ1) is 11.0. The molecule has 0 unspecified atom stereocenters. The van der Waals surface area contributed by atoms with Crippen molar-refractivity contribution in [2.45, 2.75) is 0 Å². The lowest BCUT2D eigenvalue weighted by Crippen LogP contribution is -2.52. The van der Waals surface area contributed by atoms with Gasteiger partial charge in [-0.1, -0.05) is 5.92 Å². The van der Waals surface area contributed by atoms with Gasteiger partial charge >= 0.3 is 0 Å². The summed E-state index contributed by atoms with van der Waals surface area (Å²) in [6.45, 7) is 1.44. The third kappa shape index (κ3) is 4.22. The SMILES string of the molecule is C#CCOc1ccc(C(=O)N2CCN(S(=O)(=O)NC)CC2)cc1. The molecule has 0 bridgehead atoms. The topological polar surface area (TPSA) is 79.0 Å². The molecule has 1 aromatic rings. The first-order valence-electron chi connectivity index (χ1n) is 7.12. The Kier molecular flexibility index (Phi) is 5.60. The summed E-state index contributed by atoms with van der Waals surface area (Å²) in [5, 5.41) is 0. The molecule has 2 rings (SSSR count). The number of nitrogens with zero attached hydrogens (tertiary/aromatic N) is 2. The highest BCUT2D eigenvalue weighted by atomic mass is 32.2. The fraction of sp³-hybridized carbons (Fsp3) is 0.400. The molecule has 23 heavy (non-hydrogen) atoms. The van der Waals surface area contributed by atoms with E-state index in [9.17, 15) is 13.2 Å². The third-order valence-corrected chi connectivity index (χ3v) is 5.11. The van der Waals surface area contributed by atoms with Crippen molar-refractivity contribution in [3.63, 3.8) is 0 Å². The Morgan fingerprint density at radius 2 is 1.87 bits per heavy atom. The van der Waals surface area contributed by atoms with Crippen LogP contribution in [0.1, 0.15) is 10.4 Å². The van der Waals surface area contributed by atoms with Gasteiger partial charge in [0.05, 0.1) is 0 Å². The molecule has 0 atom stereocenters. The zero-order valence-electron chi connectivity index (χ0n) is 12.9. The summed E-state index contributed by atoms with van der Waals surface area (Å²) >= 11 is 0. The predicted molar refractivity (Wildman–Crippen MR) is 86.2 cm³/mol. The Morgan fingerprint density at radius 1 is 1.26 bits per heavy atom. The maximum atomic E-state index is 12.4. The van der Waals surface area contributed by atoms with Gasteiger partial charge in [0.1, 0.15) is 12.4 Å². The van der Waals surface area contributed by atoms with E-state index in [0.717, 1.165) is 0 Å². The highest BCUT2D eigenvalue weighted by Crippen LogP contribution is 2.15. The number of carbonyl (C=O) groups excluding carboxylic acids is 1. The Bertz CT molecular complexity index is 686. The van der Waals surface area contributed by atoms with E-state index in [1.807, 2.05) is 0 Å². The number of hydrogen-bond acceptors (Lipinski definition) is 4. The summed E-state index contributed by atoms with van der Waals surface area (Å²) in [4.78, 5) is 14.1. The second-order valence-electron chi connectivity index (χ2n) is 4.92. The number of hydrogen-bond donors (Lipinski definition) is 1. The largest absolute Gasteiger partial charge is 0.481 e. The highest BCUT2D eigenvalue weighted by molar-refractivity contribution is 7.87. The van der Waals surface area contributed by atoms with Crippen molar-refractivity contribution in [3.8, 4) is 18.1 Å². The molecule has 1 N–H and O–H groups in total. The Balaban J connectivity index is 1.96. The maximum Gasteiger partial charge on any atom is 0.279 e. The molecule has 8 heteroatoms. The molecule has 0 aromatic heterocycles. The maximum absolute atomic E-state index is 12.4. The molecule has 1 aliphatic rings. The lowest BCUT2D eigenvalue weighted by atomic mass is 10.2. The number of terminal acetylenes is 1. The Morgan fingerprint density at radius 3 is 2.39 bits per heavy atom. The van der Waals surface area contributed by atoms with Crippen molar-refractivity contribution >= 4 is 16.1 Å². The fourth-order valence-corrected chi connectivity index (χ4v) is 3.16. The van der Waals surface area contributed by atoms with E-state index in [1.165, 1.54) is 11.4 Å². The predicted octanol–water partition coefficient (Wildman–Crippen LogP) is -0.0794. The minimum absolute atomic E-state index is 0.130. The average Bonchev–Trinajstić information content (AvgIpc) is 2.60. The Hall–Kier alpha value is -2.08. The van der Waals surface area contributed by atoms with Gasteiger partial charge in [-0.05, 0) is 24.3 Å². The zero-order chi connectivity index (χ0) is 16.9. The van der Waals surface area contributed by atoms with Crippen LogP contribution in [0.2, 0.25) is 0 Å². The molecule has 0 aliphatic carbocycles. The van der Waals surface area contributed by atoms with Crippen molar-refractivity contribution in [3.05, 3.63) is 29.8 Å². The van der Waals surface area contributed by atoms with E-state index in [-0.39, 0.29) is 25.6 Å². The highest BCUT2D eigenvalue weighted by Gasteiger charge is 2.28. The molecule has 0 spiro atoms. The van der Waals surface area contributed by atoms with Gasteiger partial charge < -0.3 is 9.64 Å². The molecule has 1 amide bonds. The lowest BCUT2D eigenvalue weighted by molar-refractivity contribution is 0.0697. The molecule has 1 aliphatic heterocycles. The van der Waals surface area contributed by atoms with Crippen LogP contribution in [0.15, 0.2) is 24.3 Å². The summed E-state index contributed by atoms with van der Waals surface area (Å²) in [5.41, 5.74) is 0.531. The van der Waals surface area contributed by atoms with Gasteiger partial charge in [0.2, 0.25) is 0 Å². The Labute approximate surface area is 136 Å². The minimum atomic E-state index is -3.44.